The normalized spacial score (nSPS) is 10.8. The summed E-state index contributed by atoms with van der Waals surface area (Å²) >= 11 is 0. The van der Waals surface area contributed by atoms with E-state index in [1.54, 1.807) is 19.2 Å². The number of nitrogens with zero attached hydrogens (tertiary/aromatic N) is 1. The predicted octanol–water partition coefficient (Wildman–Crippen LogP) is 6.45. The molecule has 0 aliphatic rings. The Kier molecular flexibility index (Phi) is 5.88. The van der Waals surface area contributed by atoms with E-state index in [1.807, 2.05) is 42.5 Å². The summed E-state index contributed by atoms with van der Waals surface area (Å²) in [4.78, 5) is 0. The van der Waals surface area contributed by atoms with E-state index in [1.165, 1.54) is 0 Å². The van der Waals surface area contributed by atoms with E-state index in [-0.39, 0.29) is 5.82 Å². The first-order valence-electron chi connectivity index (χ1n) is 9.96. The first-order valence-corrected chi connectivity index (χ1v) is 9.96. The minimum atomic E-state index is -0.150. The van der Waals surface area contributed by atoms with Crippen molar-refractivity contribution in [1.29, 1.82) is 5.26 Å². The lowest BCUT2D eigenvalue weighted by molar-refractivity contribution is 0.185. The van der Waals surface area contributed by atoms with Crippen molar-refractivity contribution in [2.45, 2.75) is 19.4 Å². The fraction of sp³-hybridized carbons (Fsp3) is 0.148. The molecule has 0 saturated heterocycles. The van der Waals surface area contributed by atoms with Crippen LogP contribution in [0.3, 0.4) is 0 Å². The van der Waals surface area contributed by atoms with Crippen LogP contribution in [0.15, 0.2) is 78.9 Å². The van der Waals surface area contributed by atoms with Gasteiger partial charge in [-0.1, -0.05) is 60.7 Å². The largest absolute Gasteiger partial charge is 0.380 e. The second-order valence-corrected chi connectivity index (χ2v) is 7.41. The fourth-order valence-electron chi connectivity index (χ4n) is 3.69. The first kappa shape index (κ1) is 19.8. The van der Waals surface area contributed by atoms with Gasteiger partial charge in [-0.05, 0) is 64.2 Å². The third-order valence-electron chi connectivity index (χ3n) is 5.40. The van der Waals surface area contributed by atoms with Crippen LogP contribution in [-0.4, -0.2) is 7.11 Å². The maximum atomic E-state index is 15.1. The summed E-state index contributed by atoms with van der Waals surface area (Å²) in [6.07, 6.45) is 1.36. The second-order valence-electron chi connectivity index (χ2n) is 7.41. The van der Waals surface area contributed by atoms with Crippen molar-refractivity contribution in [3.8, 4) is 17.2 Å². The molecule has 0 N–H and O–H groups in total. The van der Waals surface area contributed by atoms with Crippen LogP contribution in [0.4, 0.5) is 4.39 Å². The SMILES string of the molecule is COCc1ccc(-c2ccc3c(F)c(CCc4ccc(C#N)cc4)ccc3c2)cc1. The smallest absolute Gasteiger partial charge is 0.134 e. The topological polar surface area (TPSA) is 33.0 Å². The number of benzene rings is 4. The maximum absolute atomic E-state index is 15.1. The van der Waals surface area contributed by atoms with Gasteiger partial charge in [0, 0.05) is 12.5 Å². The number of hydrogen-bond donors (Lipinski definition) is 0. The van der Waals surface area contributed by atoms with Gasteiger partial charge in [-0.2, -0.15) is 5.26 Å². The number of nitriles is 1. The molecule has 0 fully saturated rings. The van der Waals surface area contributed by atoms with E-state index < -0.39 is 0 Å². The molecule has 0 radical (unpaired) electrons. The number of halogens is 1. The molecule has 148 valence electrons. The molecule has 4 rings (SSSR count). The number of fused-ring (bicyclic) bond motifs is 1. The van der Waals surface area contributed by atoms with Gasteiger partial charge in [0.25, 0.3) is 0 Å². The molecular formula is C27H22FNO. The van der Waals surface area contributed by atoms with Gasteiger partial charge in [0.2, 0.25) is 0 Å². The van der Waals surface area contributed by atoms with Gasteiger partial charge in [-0.3, -0.25) is 0 Å². The van der Waals surface area contributed by atoms with Crippen LogP contribution < -0.4 is 0 Å². The van der Waals surface area contributed by atoms with Crippen molar-refractivity contribution in [2.24, 2.45) is 0 Å². The number of aryl methyl sites for hydroxylation is 2. The molecule has 0 unspecified atom stereocenters. The van der Waals surface area contributed by atoms with Gasteiger partial charge in [0.1, 0.15) is 5.82 Å². The molecule has 0 aliphatic carbocycles. The van der Waals surface area contributed by atoms with Crippen LogP contribution in [-0.2, 0) is 24.2 Å². The molecule has 0 heterocycles. The van der Waals surface area contributed by atoms with Crippen molar-refractivity contribution in [2.75, 3.05) is 7.11 Å². The van der Waals surface area contributed by atoms with Crippen LogP contribution in [0.1, 0.15) is 22.3 Å². The molecule has 0 bridgehead atoms. The Balaban J connectivity index is 1.55. The van der Waals surface area contributed by atoms with E-state index in [2.05, 4.69) is 30.3 Å². The lowest BCUT2D eigenvalue weighted by atomic mass is 9.96. The average molecular weight is 395 g/mol. The second kappa shape index (κ2) is 8.90. The summed E-state index contributed by atoms with van der Waals surface area (Å²) in [7, 11) is 1.68. The summed E-state index contributed by atoms with van der Waals surface area (Å²) < 4.78 is 20.3. The summed E-state index contributed by atoms with van der Waals surface area (Å²) in [5.74, 6) is -0.150. The third-order valence-corrected chi connectivity index (χ3v) is 5.40. The van der Waals surface area contributed by atoms with Crippen molar-refractivity contribution >= 4 is 10.8 Å². The molecule has 0 aliphatic heterocycles. The van der Waals surface area contributed by atoms with Gasteiger partial charge in [-0.15, -0.1) is 0 Å². The van der Waals surface area contributed by atoms with Crippen LogP contribution in [0.2, 0.25) is 0 Å². The molecule has 0 aromatic heterocycles. The lowest BCUT2D eigenvalue weighted by Crippen LogP contribution is -1.96. The van der Waals surface area contributed by atoms with Gasteiger partial charge in [0.15, 0.2) is 0 Å². The monoisotopic (exact) mass is 395 g/mol. The highest BCUT2D eigenvalue weighted by Gasteiger charge is 2.09. The highest BCUT2D eigenvalue weighted by Crippen LogP contribution is 2.28. The summed E-state index contributed by atoms with van der Waals surface area (Å²) in [6, 6.07) is 27.6. The molecular weight excluding hydrogens is 373 g/mol. The minimum Gasteiger partial charge on any atom is -0.380 e. The third kappa shape index (κ3) is 4.25. The van der Waals surface area contributed by atoms with E-state index in [0.29, 0.717) is 29.5 Å². The number of methoxy groups -OCH3 is 1. The Morgan fingerprint density at radius 2 is 1.50 bits per heavy atom. The predicted molar refractivity (Wildman–Crippen MR) is 119 cm³/mol. The highest BCUT2D eigenvalue weighted by molar-refractivity contribution is 5.88. The standard InChI is InChI=1S/C27H22FNO/c1-30-18-21-7-9-22(10-8-21)24-14-15-26-25(16-24)13-12-23(27(26)28)11-6-19-2-4-20(17-29)5-3-19/h2-5,7-10,12-16H,6,11,18H2,1H3. The van der Waals surface area contributed by atoms with Crippen LogP contribution in [0, 0.1) is 17.1 Å². The van der Waals surface area contributed by atoms with Gasteiger partial charge in [0.05, 0.1) is 18.2 Å². The van der Waals surface area contributed by atoms with Gasteiger partial charge < -0.3 is 4.74 Å². The molecule has 0 saturated carbocycles. The Labute approximate surface area is 176 Å². The van der Waals surface area contributed by atoms with Crippen LogP contribution >= 0.6 is 0 Å². The number of rotatable bonds is 6. The zero-order valence-electron chi connectivity index (χ0n) is 16.9. The van der Waals surface area contributed by atoms with Gasteiger partial charge in [-0.25, -0.2) is 4.39 Å². The van der Waals surface area contributed by atoms with E-state index in [4.69, 9.17) is 10.00 Å². The minimum absolute atomic E-state index is 0.150. The Bertz CT molecular complexity index is 1200. The summed E-state index contributed by atoms with van der Waals surface area (Å²) in [6.45, 7) is 0.592. The van der Waals surface area contributed by atoms with Crippen molar-refractivity contribution in [1.82, 2.24) is 0 Å². The lowest BCUT2D eigenvalue weighted by Gasteiger charge is -2.10. The van der Waals surface area contributed by atoms with E-state index in [9.17, 15) is 0 Å². The van der Waals surface area contributed by atoms with Gasteiger partial charge >= 0.3 is 0 Å². The summed E-state index contributed by atoms with van der Waals surface area (Å²) in [5.41, 5.74) is 5.74. The quantitative estimate of drug-likeness (QED) is 0.376. The molecule has 3 heteroatoms. The van der Waals surface area contributed by atoms with Crippen molar-refractivity contribution in [3.63, 3.8) is 0 Å². The van der Waals surface area contributed by atoms with Crippen LogP contribution in [0.25, 0.3) is 21.9 Å². The molecule has 4 aromatic carbocycles. The fourth-order valence-corrected chi connectivity index (χ4v) is 3.69. The first-order chi connectivity index (χ1) is 14.7. The summed E-state index contributed by atoms with van der Waals surface area (Å²) in [5, 5.41) is 10.4. The van der Waals surface area contributed by atoms with E-state index in [0.717, 1.165) is 34.1 Å². The maximum Gasteiger partial charge on any atom is 0.134 e. The molecule has 30 heavy (non-hydrogen) atoms. The van der Waals surface area contributed by atoms with Crippen LogP contribution in [0.5, 0.6) is 0 Å². The zero-order valence-corrected chi connectivity index (χ0v) is 16.9. The number of hydrogen-bond acceptors (Lipinski definition) is 2. The zero-order chi connectivity index (χ0) is 20.9. The number of ether oxygens (including phenoxy) is 1. The molecule has 2 nitrogen and oxygen atoms in total. The Morgan fingerprint density at radius 1 is 0.800 bits per heavy atom. The van der Waals surface area contributed by atoms with Crippen molar-refractivity contribution < 1.29 is 9.13 Å². The molecule has 0 amide bonds. The molecule has 4 aromatic rings. The molecule has 0 atom stereocenters. The Hall–Kier alpha value is -3.48. The highest BCUT2D eigenvalue weighted by atomic mass is 19.1. The van der Waals surface area contributed by atoms with E-state index >= 15 is 4.39 Å². The average Bonchev–Trinajstić information content (AvgIpc) is 2.79. The van der Waals surface area contributed by atoms with Crippen molar-refractivity contribution in [3.05, 3.63) is 107 Å². The molecule has 0 spiro atoms. The Morgan fingerprint density at radius 3 is 2.20 bits per heavy atom.